The summed E-state index contributed by atoms with van der Waals surface area (Å²) in [5, 5.41) is 6.98. The molecule has 0 bridgehead atoms. The molecule has 6 nitrogen and oxygen atoms in total. The monoisotopic (exact) mass is 323 g/mol. The SMILES string of the molecule is O=c1[nH]nc2nc(-c3ccncc3)c(-c3ccc(Cl)cc3)cn12. The number of aromatic nitrogens is 5. The quantitative estimate of drug-likeness (QED) is 0.615. The molecule has 3 heterocycles. The van der Waals surface area contributed by atoms with Crippen molar-refractivity contribution < 1.29 is 0 Å². The molecule has 1 aromatic carbocycles. The summed E-state index contributed by atoms with van der Waals surface area (Å²) >= 11 is 5.96. The van der Waals surface area contributed by atoms with Crippen molar-refractivity contribution >= 4 is 17.4 Å². The summed E-state index contributed by atoms with van der Waals surface area (Å²) in [6, 6.07) is 11.1. The number of fused-ring (bicyclic) bond motifs is 1. The zero-order valence-electron chi connectivity index (χ0n) is 11.8. The minimum Gasteiger partial charge on any atom is -0.265 e. The van der Waals surface area contributed by atoms with Crippen LogP contribution in [0.2, 0.25) is 5.02 Å². The number of halogens is 1. The summed E-state index contributed by atoms with van der Waals surface area (Å²) in [7, 11) is 0. The van der Waals surface area contributed by atoms with Gasteiger partial charge >= 0.3 is 5.69 Å². The van der Waals surface area contributed by atoms with Crippen LogP contribution in [0.25, 0.3) is 28.2 Å². The maximum absolute atomic E-state index is 11.8. The first-order chi connectivity index (χ1) is 11.2. The van der Waals surface area contributed by atoms with Crippen LogP contribution in [0.15, 0.2) is 59.8 Å². The first-order valence-electron chi connectivity index (χ1n) is 6.86. The first-order valence-corrected chi connectivity index (χ1v) is 7.24. The normalized spacial score (nSPS) is 11.0. The van der Waals surface area contributed by atoms with Crippen LogP contribution in [0, 0.1) is 0 Å². The molecule has 0 aliphatic carbocycles. The van der Waals surface area contributed by atoms with Gasteiger partial charge in [0.05, 0.1) is 5.69 Å². The minimum absolute atomic E-state index is 0.319. The van der Waals surface area contributed by atoms with E-state index in [1.165, 1.54) is 4.40 Å². The smallest absolute Gasteiger partial charge is 0.265 e. The zero-order chi connectivity index (χ0) is 15.8. The Kier molecular flexibility index (Phi) is 3.17. The van der Waals surface area contributed by atoms with E-state index in [1.54, 1.807) is 30.7 Å². The average Bonchev–Trinajstić information content (AvgIpc) is 2.96. The van der Waals surface area contributed by atoms with Gasteiger partial charge in [-0.15, -0.1) is 5.10 Å². The molecule has 0 aliphatic heterocycles. The van der Waals surface area contributed by atoms with Gasteiger partial charge in [-0.2, -0.15) is 0 Å². The Labute approximate surface area is 135 Å². The van der Waals surface area contributed by atoms with Crippen LogP contribution in [0.3, 0.4) is 0 Å². The molecule has 112 valence electrons. The van der Waals surface area contributed by atoms with E-state index in [-0.39, 0.29) is 5.69 Å². The number of nitrogens with one attached hydrogen (secondary N) is 1. The van der Waals surface area contributed by atoms with Gasteiger partial charge in [-0.25, -0.2) is 19.3 Å². The van der Waals surface area contributed by atoms with Crippen LogP contribution >= 0.6 is 11.6 Å². The van der Waals surface area contributed by atoms with Crippen LogP contribution in [-0.4, -0.2) is 24.6 Å². The number of benzene rings is 1. The highest BCUT2D eigenvalue weighted by atomic mass is 35.5. The van der Waals surface area contributed by atoms with Gasteiger partial charge < -0.3 is 0 Å². The van der Waals surface area contributed by atoms with Crippen LogP contribution in [-0.2, 0) is 0 Å². The van der Waals surface area contributed by atoms with Crippen molar-refractivity contribution in [2.24, 2.45) is 0 Å². The molecule has 0 fully saturated rings. The van der Waals surface area contributed by atoms with Crippen molar-refractivity contribution in [2.75, 3.05) is 0 Å². The molecule has 0 atom stereocenters. The summed E-state index contributed by atoms with van der Waals surface area (Å²) in [5.74, 6) is 0.319. The van der Waals surface area contributed by atoms with E-state index in [0.717, 1.165) is 22.4 Å². The number of aromatic amines is 1. The fraction of sp³-hybridized carbons (Fsp3) is 0. The summed E-state index contributed by atoms with van der Waals surface area (Å²) in [4.78, 5) is 20.4. The highest BCUT2D eigenvalue weighted by molar-refractivity contribution is 6.30. The first kappa shape index (κ1) is 13.7. The molecular weight excluding hydrogens is 314 g/mol. The van der Waals surface area contributed by atoms with E-state index >= 15 is 0 Å². The van der Waals surface area contributed by atoms with Crippen molar-refractivity contribution in [3.05, 3.63) is 70.5 Å². The van der Waals surface area contributed by atoms with Crippen molar-refractivity contribution in [1.29, 1.82) is 0 Å². The van der Waals surface area contributed by atoms with Gasteiger partial charge in [-0.1, -0.05) is 23.7 Å². The molecule has 0 unspecified atom stereocenters. The Morgan fingerprint density at radius 1 is 1.00 bits per heavy atom. The lowest BCUT2D eigenvalue weighted by Gasteiger charge is -2.09. The maximum Gasteiger partial charge on any atom is 0.348 e. The summed E-state index contributed by atoms with van der Waals surface area (Å²) < 4.78 is 1.38. The Bertz CT molecular complexity index is 1040. The number of nitrogens with zero attached hydrogens (tertiary/aromatic N) is 4. The Morgan fingerprint density at radius 3 is 2.48 bits per heavy atom. The summed E-state index contributed by atoms with van der Waals surface area (Å²) in [6.45, 7) is 0. The molecule has 23 heavy (non-hydrogen) atoms. The molecule has 0 saturated heterocycles. The van der Waals surface area contributed by atoms with Gasteiger partial charge in [0.1, 0.15) is 0 Å². The fourth-order valence-electron chi connectivity index (χ4n) is 2.41. The molecule has 0 spiro atoms. The second-order valence-electron chi connectivity index (χ2n) is 4.94. The lowest BCUT2D eigenvalue weighted by Crippen LogP contribution is -2.10. The van der Waals surface area contributed by atoms with Crippen LogP contribution < -0.4 is 5.69 Å². The Balaban J connectivity index is 2.05. The van der Waals surface area contributed by atoms with Gasteiger partial charge in [0, 0.05) is 34.7 Å². The molecule has 1 N–H and O–H groups in total. The van der Waals surface area contributed by atoms with Crippen LogP contribution in [0.5, 0.6) is 0 Å². The van der Waals surface area contributed by atoms with Crippen LogP contribution in [0.1, 0.15) is 0 Å². The van der Waals surface area contributed by atoms with Gasteiger partial charge in [-0.05, 0) is 29.8 Å². The highest BCUT2D eigenvalue weighted by Gasteiger charge is 2.13. The minimum atomic E-state index is -0.330. The van der Waals surface area contributed by atoms with E-state index in [2.05, 4.69) is 20.2 Å². The second-order valence-corrected chi connectivity index (χ2v) is 5.38. The van der Waals surface area contributed by atoms with E-state index < -0.39 is 0 Å². The third-order valence-electron chi connectivity index (χ3n) is 3.52. The number of hydrogen-bond acceptors (Lipinski definition) is 4. The Hall–Kier alpha value is -2.99. The standard InChI is InChI=1S/C16H10ClN5O/c17-12-3-1-10(2-4-12)13-9-22-15(20-21-16(22)23)19-14(13)11-5-7-18-8-6-11/h1-9H,(H,21,23). The van der Waals surface area contributed by atoms with Crippen molar-refractivity contribution in [2.45, 2.75) is 0 Å². The van der Waals surface area contributed by atoms with Gasteiger partial charge in [-0.3, -0.25) is 4.98 Å². The molecule has 4 aromatic rings. The predicted octanol–water partition coefficient (Wildman–Crippen LogP) is 2.80. The lowest BCUT2D eigenvalue weighted by molar-refractivity contribution is 1.02. The molecule has 4 rings (SSSR count). The zero-order valence-corrected chi connectivity index (χ0v) is 12.5. The number of pyridine rings is 1. The van der Waals surface area contributed by atoms with Crippen molar-refractivity contribution in [1.82, 2.24) is 24.6 Å². The topological polar surface area (TPSA) is 75.9 Å². The van der Waals surface area contributed by atoms with E-state index in [0.29, 0.717) is 10.8 Å². The molecule has 0 saturated carbocycles. The van der Waals surface area contributed by atoms with E-state index in [1.807, 2.05) is 24.3 Å². The van der Waals surface area contributed by atoms with Crippen molar-refractivity contribution in [3.63, 3.8) is 0 Å². The molecule has 0 amide bonds. The molecule has 3 aromatic heterocycles. The summed E-state index contributed by atoms with van der Waals surface area (Å²) in [5.41, 5.74) is 3.00. The molecule has 0 aliphatic rings. The third-order valence-corrected chi connectivity index (χ3v) is 3.77. The Morgan fingerprint density at radius 2 is 1.74 bits per heavy atom. The highest BCUT2D eigenvalue weighted by Crippen LogP contribution is 2.30. The molecular formula is C16H10ClN5O. The predicted molar refractivity (Wildman–Crippen MR) is 87.3 cm³/mol. The van der Waals surface area contributed by atoms with Gasteiger partial charge in [0.15, 0.2) is 0 Å². The molecule has 0 radical (unpaired) electrons. The summed E-state index contributed by atoms with van der Waals surface area (Å²) in [6.07, 6.45) is 5.13. The molecule has 7 heteroatoms. The number of hydrogen-bond donors (Lipinski definition) is 1. The lowest BCUT2D eigenvalue weighted by atomic mass is 10.0. The van der Waals surface area contributed by atoms with Gasteiger partial charge in [0.25, 0.3) is 5.78 Å². The van der Waals surface area contributed by atoms with Crippen molar-refractivity contribution in [3.8, 4) is 22.4 Å². The van der Waals surface area contributed by atoms with E-state index in [4.69, 9.17) is 11.6 Å². The fourth-order valence-corrected chi connectivity index (χ4v) is 2.54. The average molecular weight is 324 g/mol. The van der Waals surface area contributed by atoms with Crippen LogP contribution in [0.4, 0.5) is 0 Å². The number of H-pyrrole nitrogens is 1. The second kappa shape index (κ2) is 5.33. The number of rotatable bonds is 2. The van der Waals surface area contributed by atoms with Gasteiger partial charge in [0.2, 0.25) is 0 Å². The largest absolute Gasteiger partial charge is 0.348 e. The maximum atomic E-state index is 11.8. The van der Waals surface area contributed by atoms with E-state index in [9.17, 15) is 4.79 Å². The third kappa shape index (κ3) is 2.39.